The fraction of sp³-hybridized carbons (Fsp3) is 0.353. The van der Waals surface area contributed by atoms with Crippen molar-refractivity contribution >= 4 is 21.9 Å². The molecule has 116 valence electrons. The van der Waals surface area contributed by atoms with Crippen LogP contribution in [0.3, 0.4) is 0 Å². The molecule has 1 aromatic heterocycles. The van der Waals surface area contributed by atoms with Crippen LogP contribution in [0.2, 0.25) is 0 Å². The Labute approximate surface area is 137 Å². The lowest BCUT2D eigenvalue weighted by molar-refractivity contribution is -0.144. The van der Waals surface area contributed by atoms with Crippen LogP contribution in [0, 0.1) is 0 Å². The lowest BCUT2D eigenvalue weighted by atomic mass is 10.0. The number of piperidine rings is 1. The van der Waals surface area contributed by atoms with Crippen molar-refractivity contribution in [2.75, 3.05) is 6.54 Å². The zero-order valence-corrected chi connectivity index (χ0v) is 13.8. The zero-order valence-electron chi connectivity index (χ0n) is 12.2. The molecule has 1 aromatic carbocycles. The summed E-state index contributed by atoms with van der Waals surface area (Å²) < 4.78 is 6.92. The van der Waals surface area contributed by atoms with Gasteiger partial charge in [0.15, 0.2) is 0 Å². The van der Waals surface area contributed by atoms with Gasteiger partial charge >= 0.3 is 5.97 Å². The van der Waals surface area contributed by atoms with Gasteiger partial charge in [-0.1, -0.05) is 34.5 Å². The molecular weight excluding hydrogens is 346 g/mol. The third-order valence-corrected chi connectivity index (χ3v) is 4.58. The Morgan fingerprint density at radius 2 is 2.00 bits per heavy atom. The highest BCUT2D eigenvalue weighted by Gasteiger charge is 2.28. The first kappa shape index (κ1) is 15.3. The van der Waals surface area contributed by atoms with E-state index in [2.05, 4.69) is 15.9 Å². The summed E-state index contributed by atoms with van der Waals surface area (Å²) in [5, 5.41) is 9.32. The normalized spacial score (nSPS) is 19.2. The van der Waals surface area contributed by atoms with Crippen LogP contribution >= 0.6 is 15.9 Å². The van der Waals surface area contributed by atoms with Crippen molar-refractivity contribution in [1.82, 2.24) is 4.90 Å². The molecule has 2 heterocycles. The molecule has 0 amide bonds. The topological polar surface area (TPSA) is 53.7 Å². The minimum Gasteiger partial charge on any atom is -0.480 e. The van der Waals surface area contributed by atoms with Crippen molar-refractivity contribution in [1.29, 1.82) is 0 Å². The summed E-state index contributed by atoms with van der Waals surface area (Å²) in [6.07, 6.45) is 2.75. The summed E-state index contributed by atoms with van der Waals surface area (Å²) in [6, 6.07) is 11.4. The molecule has 0 spiro atoms. The molecule has 1 N–H and O–H groups in total. The first-order valence-electron chi connectivity index (χ1n) is 7.45. The second-order valence-corrected chi connectivity index (χ2v) is 6.51. The van der Waals surface area contributed by atoms with Crippen LogP contribution in [0.15, 0.2) is 45.3 Å². The Bertz CT molecular complexity index is 650. The van der Waals surface area contributed by atoms with Crippen LogP contribution < -0.4 is 0 Å². The minimum atomic E-state index is -0.737. The number of nitrogens with zero attached hydrogens (tertiary/aromatic N) is 1. The highest BCUT2D eigenvalue weighted by Crippen LogP contribution is 2.26. The van der Waals surface area contributed by atoms with Crippen molar-refractivity contribution in [2.24, 2.45) is 0 Å². The molecule has 5 heteroatoms. The number of carboxylic acids is 1. The van der Waals surface area contributed by atoms with Gasteiger partial charge in [0.25, 0.3) is 0 Å². The van der Waals surface area contributed by atoms with Gasteiger partial charge in [0.2, 0.25) is 0 Å². The zero-order chi connectivity index (χ0) is 15.5. The fourth-order valence-corrected chi connectivity index (χ4v) is 3.16. The van der Waals surface area contributed by atoms with Gasteiger partial charge in [0.1, 0.15) is 17.6 Å². The number of carbonyl (C=O) groups is 1. The predicted molar refractivity (Wildman–Crippen MR) is 87.5 cm³/mol. The van der Waals surface area contributed by atoms with E-state index in [4.69, 9.17) is 4.42 Å². The van der Waals surface area contributed by atoms with Gasteiger partial charge in [-0.05, 0) is 43.7 Å². The number of furan rings is 1. The summed E-state index contributed by atoms with van der Waals surface area (Å²) >= 11 is 3.42. The van der Waals surface area contributed by atoms with Gasteiger partial charge in [-0.2, -0.15) is 0 Å². The second-order valence-electron chi connectivity index (χ2n) is 5.59. The molecule has 0 bridgehead atoms. The van der Waals surface area contributed by atoms with Gasteiger partial charge in [0, 0.05) is 10.0 Å². The van der Waals surface area contributed by atoms with E-state index in [9.17, 15) is 9.90 Å². The quantitative estimate of drug-likeness (QED) is 0.886. The molecule has 1 atom stereocenters. The van der Waals surface area contributed by atoms with E-state index in [1.807, 2.05) is 41.3 Å². The highest BCUT2D eigenvalue weighted by molar-refractivity contribution is 9.10. The van der Waals surface area contributed by atoms with Gasteiger partial charge in [-0.25, -0.2) is 0 Å². The van der Waals surface area contributed by atoms with Crippen LogP contribution in [0.5, 0.6) is 0 Å². The lowest BCUT2D eigenvalue weighted by Gasteiger charge is -2.31. The average Bonchev–Trinajstić information content (AvgIpc) is 2.97. The molecule has 3 rings (SSSR count). The lowest BCUT2D eigenvalue weighted by Crippen LogP contribution is -2.43. The van der Waals surface area contributed by atoms with Crippen LogP contribution in [-0.4, -0.2) is 28.6 Å². The fourth-order valence-electron chi connectivity index (χ4n) is 2.89. The summed E-state index contributed by atoms with van der Waals surface area (Å²) in [5.41, 5.74) is 1.02. The van der Waals surface area contributed by atoms with E-state index in [0.29, 0.717) is 6.54 Å². The number of hydrogen-bond donors (Lipinski definition) is 1. The number of aliphatic carboxylic acids is 1. The summed E-state index contributed by atoms with van der Waals surface area (Å²) in [7, 11) is 0. The Kier molecular flexibility index (Phi) is 4.64. The molecule has 1 aliphatic rings. The number of benzene rings is 1. The van der Waals surface area contributed by atoms with E-state index in [1.54, 1.807) is 0 Å². The Balaban J connectivity index is 1.73. The Morgan fingerprint density at radius 1 is 1.23 bits per heavy atom. The maximum Gasteiger partial charge on any atom is 0.320 e. The molecular formula is C17H18BrNO3. The molecule has 4 nitrogen and oxygen atoms in total. The third kappa shape index (κ3) is 3.42. The summed E-state index contributed by atoms with van der Waals surface area (Å²) in [5.74, 6) is 0.886. The van der Waals surface area contributed by atoms with Crippen LogP contribution in [0.4, 0.5) is 0 Å². The average molecular weight is 364 g/mol. The predicted octanol–water partition coefficient (Wildman–Crippen LogP) is 4.15. The smallest absolute Gasteiger partial charge is 0.320 e. The largest absolute Gasteiger partial charge is 0.480 e. The van der Waals surface area contributed by atoms with Crippen molar-refractivity contribution in [3.63, 3.8) is 0 Å². The van der Waals surface area contributed by atoms with E-state index >= 15 is 0 Å². The number of likely N-dealkylation sites (tertiary alicyclic amines) is 1. The van der Waals surface area contributed by atoms with Gasteiger partial charge in [0.05, 0.1) is 6.54 Å². The monoisotopic (exact) mass is 363 g/mol. The number of halogens is 1. The second kappa shape index (κ2) is 6.67. The molecule has 0 saturated carbocycles. The highest BCUT2D eigenvalue weighted by atomic mass is 79.9. The molecule has 2 aromatic rings. The van der Waals surface area contributed by atoms with Gasteiger partial charge in [-0.3, -0.25) is 9.69 Å². The Hall–Kier alpha value is -1.59. The molecule has 1 unspecified atom stereocenters. The minimum absolute atomic E-state index is 0.394. The maximum atomic E-state index is 11.3. The number of hydrogen-bond acceptors (Lipinski definition) is 3. The Morgan fingerprint density at radius 3 is 2.73 bits per heavy atom. The van der Waals surface area contributed by atoms with E-state index in [0.717, 1.165) is 47.4 Å². The van der Waals surface area contributed by atoms with Crippen molar-refractivity contribution < 1.29 is 14.3 Å². The summed E-state index contributed by atoms with van der Waals surface area (Å²) in [4.78, 5) is 13.3. The summed E-state index contributed by atoms with van der Waals surface area (Å²) in [6.45, 7) is 1.36. The number of rotatable bonds is 4. The first-order valence-corrected chi connectivity index (χ1v) is 8.24. The SMILES string of the molecule is O=C(O)C1CCCCN1Cc1ccc(-c2ccc(Br)cc2)o1. The van der Waals surface area contributed by atoms with E-state index in [1.165, 1.54) is 0 Å². The standard InChI is InChI=1S/C17H18BrNO3/c18-13-6-4-12(5-7-13)16-9-8-14(22-16)11-19-10-2-1-3-15(19)17(20)21/h4-9,15H,1-3,10-11H2,(H,20,21). The van der Waals surface area contributed by atoms with Crippen LogP contribution in [-0.2, 0) is 11.3 Å². The molecule has 1 aliphatic heterocycles. The van der Waals surface area contributed by atoms with Crippen molar-refractivity contribution in [2.45, 2.75) is 31.8 Å². The molecule has 1 saturated heterocycles. The molecule has 22 heavy (non-hydrogen) atoms. The van der Waals surface area contributed by atoms with E-state index in [-0.39, 0.29) is 0 Å². The van der Waals surface area contributed by atoms with Crippen LogP contribution in [0.25, 0.3) is 11.3 Å². The molecule has 1 fully saturated rings. The van der Waals surface area contributed by atoms with Crippen molar-refractivity contribution in [3.05, 3.63) is 46.6 Å². The maximum absolute atomic E-state index is 11.3. The van der Waals surface area contributed by atoms with Gasteiger partial charge < -0.3 is 9.52 Å². The first-order chi connectivity index (χ1) is 10.6. The van der Waals surface area contributed by atoms with Crippen molar-refractivity contribution in [3.8, 4) is 11.3 Å². The third-order valence-electron chi connectivity index (χ3n) is 4.05. The molecule has 0 aliphatic carbocycles. The molecule has 0 radical (unpaired) electrons. The van der Waals surface area contributed by atoms with Gasteiger partial charge in [-0.15, -0.1) is 0 Å². The van der Waals surface area contributed by atoms with E-state index < -0.39 is 12.0 Å². The van der Waals surface area contributed by atoms with Crippen LogP contribution in [0.1, 0.15) is 25.0 Å². The number of carboxylic acid groups (broad SMARTS) is 1.